The minimum absolute atomic E-state index is 0.130. The number of carbonyl (C=O) groups excluding carboxylic acids is 1. The van der Waals surface area contributed by atoms with Crippen molar-refractivity contribution in [2.45, 2.75) is 26.8 Å². The summed E-state index contributed by atoms with van der Waals surface area (Å²) in [7, 11) is 0. The SMILES string of the molecule is Cc1cc(C(=O)NC(C)c2ccc(N3CCOCC3)cc2)c2c(C)noc2n1. The summed E-state index contributed by atoms with van der Waals surface area (Å²) in [5.41, 5.74) is 4.54. The first-order valence-corrected chi connectivity index (χ1v) is 9.50. The summed E-state index contributed by atoms with van der Waals surface area (Å²) < 4.78 is 10.6. The molecule has 2 aromatic heterocycles. The van der Waals surface area contributed by atoms with E-state index in [2.05, 4.69) is 44.6 Å². The van der Waals surface area contributed by atoms with Gasteiger partial charge >= 0.3 is 0 Å². The molecular formula is C21H24N4O3. The molecule has 28 heavy (non-hydrogen) atoms. The largest absolute Gasteiger partial charge is 0.378 e. The van der Waals surface area contributed by atoms with E-state index in [-0.39, 0.29) is 11.9 Å². The lowest BCUT2D eigenvalue weighted by molar-refractivity contribution is 0.0941. The Morgan fingerprint density at radius 3 is 2.61 bits per heavy atom. The molecule has 146 valence electrons. The maximum Gasteiger partial charge on any atom is 0.258 e. The predicted molar refractivity (Wildman–Crippen MR) is 107 cm³/mol. The Morgan fingerprint density at radius 1 is 1.18 bits per heavy atom. The molecule has 1 aromatic carbocycles. The van der Waals surface area contributed by atoms with Crippen LogP contribution in [-0.2, 0) is 4.74 Å². The molecule has 0 saturated carbocycles. The molecule has 4 rings (SSSR count). The highest BCUT2D eigenvalue weighted by atomic mass is 16.5. The summed E-state index contributed by atoms with van der Waals surface area (Å²) in [6.45, 7) is 8.96. The average molecular weight is 380 g/mol. The van der Waals surface area contributed by atoms with E-state index < -0.39 is 0 Å². The van der Waals surface area contributed by atoms with Crippen molar-refractivity contribution in [2.75, 3.05) is 31.2 Å². The van der Waals surface area contributed by atoms with Gasteiger partial charge in [-0.15, -0.1) is 0 Å². The quantitative estimate of drug-likeness (QED) is 0.749. The maximum atomic E-state index is 12.9. The molecule has 0 aliphatic carbocycles. The van der Waals surface area contributed by atoms with Crippen molar-refractivity contribution in [3.63, 3.8) is 0 Å². The molecule has 1 atom stereocenters. The van der Waals surface area contributed by atoms with E-state index in [0.717, 1.165) is 37.6 Å². The molecule has 1 N–H and O–H groups in total. The van der Waals surface area contributed by atoms with Gasteiger partial charge in [-0.05, 0) is 44.5 Å². The number of hydrogen-bond acceptors (Lipinski definition) is 6. The van der Waals surface area contributed by atoms with E-state index in [1.165, 1.54) is 5.69 Å². The van der Waals surface area contributed by atoms with Crippen LogP contribution in [0.1, 0.15) is 40.3 Å². The third-order valence-corrected chi connectivity index (χ3v) is 5.11. The average Bonchev–Trinajstić information content (AvgIpc) is 3.08. The van der Waals surface area contributed by atoms with Crippen LogP contribution < -0.4 is 10.2 Å². The van der Waals surface area contributed by atoms with Gasteiger partial charge in [0, 0.05) is 24.5 Å². The molecule has 3 aromatic rings. The fraction of sp³-hybridized carbons (Fsp3) is 0.381. The maximum absolute atomic E-state index is 12.9. The van der Waals surface area contributed by atoms with Gasteiger partial charge in [-0.25, -0.2) is 4.98 Å². The second-order valence-corrected chi connectivity index (χ2v) is 7.15. The van der Waals surface area contributed by atoms with Gasteiger partial charge in [0.1, 0.15) is 0 Å². The summed E-state index contributed by atoms with van der Waals surface area (Å²) in [5.74, 6) is -0.161. The first-order chi connectivity index (χ1) is 13.5. The molecule has 1 saturated heterocycles. The molecule has 3 heterocycles. The van der Waals surface area contributed by atoms with E-state index in [1.807, 2.05) is 20.8 Å². The van der Waals surface area contributed by atoms with Gasteiger partial charge in [0.05, 0.1) is 35.9 Å². The Labute approximate surface area is 163 Å². The number of nitrogens with one attached hydrogen (secondary N) is 1. The Hall–Kier alpha value is -2.93. The van der Waals surface area contributed by atoms with Crippen molar-refractivity contribution in [3.8, 4) is 0 Å². The number of benzene rings is 1. The molecule has 1 aliphatic heterocycles. The van der Waals surface area contributed by atoms with Crippen LogP contribution in [0.4, 0.5) is 5.69 Å². The lowest BCUT2D eigenvalue weighted by atomic mass is 10.1. The summed E-state index contributed by atoms with van der Waals surface area (Å²) >= 11 is 0. The molecule has 0 bridgehead atoms. The van der Waals surface area contributed by atoms with Crippen LogP contribution in [0.5, 0.6) is 0 Å². The molecule has 1 fully saturated rings. The number of anilines is 1. The second-order valence-electron chi connectivity index (χ2n) is 7.15. The fourth-order valence-corrected chi connectivity index (χ4v) is 3.55. The summed E-state index contributed by atoms with van der Waals surface area (Å²) in [6, 6.07) is 9.97. The number of pyridine rings is 1. The van der Waals surface area contributed by atoms with Gasteiger partial charge in [-0.1, -0.05) is 17.3 Å². The third-order valence-electron chi connectivity index (χ3n) is 5.11. The first-order valence-electron chi connectivity index (χ1n) is 9.50. The Morgan fingerprint density at radius 2 is 1.89 bits per heavy atom. The van der Waals surface area contributed by atoms with Gasteiger partial charge in [-0.3, -0.25) is 4.79 Å². The van der Waals surface area contributed by atoms with Gasteiger partial charge in [0.2, 0.25) is 0 Å². The number of carbonyl (C=O) groups is 1. The highest BCUT2D eigenvalue weighted by Gasteiger charge is 2.20. The van der Waals surface area contributed by atoms with E-state index in [0.29, 0.717) is 22.4 Å². The van der Waals surface area contributed by atoms with Crippen LogP contribution in [0.2, 0.25) is 0 Å². The predicted octanol–water partition coefficient (Wildman–Crippen LogP) is 3.17. The van der Waals surface area contributed by atoms with Crippen LogP contribution in [0.25, 0.3) is 11.1 Å². The van der Waals surface area contributed by atoms with E-state index in [1.54, 1.807) is 6.07 Å². The number of aryl methyl sites for hydroxylation is 2. The molecule has 0 radical (unpaired) electrons. The lowest BCUT2D eigenvalue weighted by Gasteiger charge is -2.29. The number of aromatic nitrogens is 2. The highest BCUT2D eigenvalue weighted by molar-refractivity contribution is 6.06. The standard InChI is InChI=1S/C21H24N4O3/c1-13-12-18(19-15(3)24-28-21(19)22-13)20(26)23-14(2)16-4-6-17(7-5-16)25-8-10-27-11-9-25/h4-7,12,14H,8-11H2,1-3H3,(H,23,26). The first kappa shape index (κ1) is 18.4. The minimum Gasteiger partial charge on any atom is -0.378 e. The molecule has 7 heteroatoms. The zero-order chi connectivity index (χ0) is 19.7. The summed E-state index contributed by atoms with van der Waals surface area (Å²) in [6.07, 6.45) is 0. The molecule has 7 nitrogen and oxygen atoms in total. The van der Waals surface area contributed by atoms with E-state index in [9.17, 15) is 4.79 Å². The van der Waals surface area contributed by atoms with Crippen LogP contribution in [-0.4, -0.2) is 42.4 Å². The van der Waals surface area contributed by atoms with Gasteiger partial charge < -0.3 is 19.5 Å². The van der Waals surface area contributed by atoms with Crippen molar-refractivity contribution < 1.29 is 14.1 Å². The topological polar surface area (TPSA) is 80.5 Å². The zero-order valence-corrected chi connectivity index (χ0v) is 16.4. The van der Waals surface area contributed by atoms with Crippen molar-refractivity contribution in [3.05, 3.63) is 52.8 Å². The smallest absolute Gasteiger partial charge is 0.258 e. The third kappa shape index (κ3) is 3.57. The van der Waals surface area contributed by atoms with Gasteiger partial charge in [-0.2, -0.15) is 0 Å². The second kappa shape index (κ2) is 7.59. The van der Waals surface area contributed by atoms with Crippen LogP contribution in [0, 0.1) is 13.8 Å². The highest BCUT2D eigenvalue weighted by Crippen LogP contribution is 2.24. The van der Waals surface area contributed by atoms with Crippen molar-refractivity contribution in [1.29, 1.82) is 0 Å². The van der Waals surface area contributed by atoms with Gasteiger partial charge in [0.25, 0.3) is 11.6 Å². The Bertz CT molecular complexity index is 991. The molecule has 1 amide bonds. The minimum atomic E-state index is -0.161. The monoisotopic (exact) mass is 380 g/mol. The van der Waals surface area contributed by atoms with Crippen molar-refractivity contribution in [1.82, 2.24) is 15.5 Å². The number of morpholine rings is 1. The molecule has 1 aliphatic rings. The number of hydrogen-bond donors (Lipinski definition) is 1. The van der Waals surface area contributed by atoms with E-state index >= 15 is 0 Å². The molecular weight excluding hydrogens is 356 g/mol. The van der Waals surface area contributed by atoms with Crippen molar-refractivity contribution in [2.24, 2.45) is 0 Å². The van der Waals surface area contributed by atoms with Crippen LogP contribution in [0.15, 0.2) is 34.9 Å². The lowest BCUT2D eigenvalue weighted by Crippen LogP contribution is -2.36. The fourth-order valence-electron chi connectivity index (χ4n) is 3.55. The summed E-state index contributed by atoms with van der Waals surface area (Å²) in [4.78, 5) is 19.5. The number of amides is 1. The number of nitrogens with zero attached hydrogens (tertiary/aromatic N) is 3. The summed E-state index contributed by atoms with van der Waals surface area (Å²) in [5, 5.41) is 7.68. The number of rotatable bonds is 4. The van der Waals surface area contributed by atoms with Gasteiger partial charge in [0.15, 0.2) is 0 Å². The van der Waals surface area contributed by atoms with E-state index in [4.69, 9.17) is 9.26 Å². The van der Waals surface area contributed by atoms with Crippen molar-refractivity contribution >= 4 is 22.7 Å². The zero-order valence-electron chi connectivity index (χ0n) is 16.4. The Balaban J connectivity index is 1.51. The molecule has 1 unspecified atom stereocenters. The van der Waals surface area contributed by atoms with Crippen LogP contribution in [0.3, 0.4) is 0 Å². The number of ether oxygens (including phenoxy) is 1. The normalized spacial score (nSPS) is 15.6. The number of fused-ring (bicyclic) bond motifs is 1. The van der Waals surface area contributed by atoms with Crippen LogP contribution >= 0.6 is 0 Å². The molecule has 0 spiro atoms. The Kier molecular flexibility index (Phi) is 5.00.